The summed E-state index contributed by atoms with van der Waals surface area (Å²) in [5.74, 6) is 0.935. The van der Waals surface area contributed by atoms with Crippen LogP contribution in [0.4, 0.5) is 0 Å². The van der Waals surface area contributed by atoms with Crippen molar-refractivity contribution in [1.82, 2.24) is 4.90 Å². The number of carbonyl (C=O) groups is 1. The number of ether oxygens (including phenoxy) is 2. The highest BCUT2D eigenvalue weighted by atomic mass is 16.5. The summed E-state index contributed by atoms with van der Waals surface area (Å²) < 4.78 is 11.1. The average molecular weight is 338 g/mol. The van der Waals surface area contributed by atoms with Gasteiger partial charge in [0.25, 0.3) is 5.91 Å². The molecule has 1 amide bonds. The number of para-hydroxylation sites is 2. The van der Waals surface area contributed by atoms with Crippen molar-refractivity contribution in [2.24, 2.45) is 0 Å². The van der Waals surface area contributed by atoms with Gasteiger partial charge >= 0.3 is 0 Å². The average Bonchev–Trinajstić information content (AvgIpc) is 2.65. The molecule has 25 heavy (non-hydrogen) atoms. The lowest BCUT2D eigenvalue weighted by molar-refractivity contribution is -0.138. The van der Waals surface area contributed by atoms with Crippen molar-refractivity contribution in [1.29, 1.82) is 5.26 Å². The Morgan fingerprint density at radius 3 is 2.40 bits per heavy atom. The largest absolute Gasteiger partial charge is 0.493 e. The van der Waals surface area contributed by atoms with Gasteiger partial charge in [-0.25, -0.2) is 0 Å². The summed E-state index contributed by atoms with van der Waals surface area (Å²) in [6, 6.07) is 19.0. The molecule has 0 aliphatic carbocycles. The van der Waals surface area contributed by atoms with Crippen LogP contribution in [0.3, 0.4) is 0 Å². The maximum absolute atomic E-state index is 12.8. The Balaban J connectivity index is 2.10. The van der Waals surface area contributed by atoms with E-state index in [9.17, 15) is 4.79 Å². The highest BCUT2D eigenvalue weighted by molar-refractivity contribution is 5.81. The lowest BCUT2D eigenvalue weighted by atomic mass is 10.2. The van der Waals surface area contributed by atoms with E-state index >= 15 is 0 Å². The van der Waals surface area contributed by atoms with Crippen molar-refractivity contribution < 1.29 is 14.3 Å². The van der Waals surface area contributed by atoms with Crippen molar-refractivity contribution in [2.45, 2.75) is 26.0 Å². The zero-order valence-corrected chi connectivity index (χ0v) is 14.5. The Morgan fingerprint density at radius 1 is 1.12 bits per heavy atom. The van der Waals surface area contributed by atoms with Crippen molar-refractivity contribution in [3.05, 3.63) is 60.2 Å². The molecule has 0 saturated carbocycles. The number of nitriles is 1. The molecule has 0 spiro atoms. The number of hydrogen-bond acceptors (Lipinski definition) is 4. The Morgan fingerprint density at radius 2 is 1.76 bits per heavy atom. The minimum Gasteiger partial charge on any atom is -0.493 e. The monoisotopic (exact) mass is 338 g/mol. The Hall–Kier alpha value is -3.00. The van der Waals surface area contributed by atoms with E-state index < -0.39 is 6.10 Å². The number of benzene rings is 2. The van der Waals surface area contributed by atoms with Crippen LogP contribution in [0, 0.1) is 11.3 Å². The summed E-state index contributed by atoms with van der Waals surface area (Å²) in [4.78, 5) is 14.5. The van der Waals surface area contributed by atoms with Gasteiger partial charge in [-0.3, -0.25) is 4.79 Å². The zero-order chi connectivity index (χ0) is 18.1. The van der Waals surface area contributed by atoms with Gasteiger partial charge in [-0.2, -0.15) is 5.26 Å². The van der Waals surface area contributed by atoms with Gasteiger partial charge in [0.15, 0.2) is 17.6 Å². The second-order valence-corrected chi connectivity index (χ2v) is 5.56. The third kappa shape index (κ3) is 5.25. The van der Waals surface area contributed by atoms with Crippen LogP contribution < -0.4 is 9.47 Å². The summed E-state index contributed by atoms with van der Waals surface area (Å²) in [7, 11) is 1.56. The Labute approximate surface area is 148 Å². The van der Waals surface area contributed by atoms with E-state index in [0.717, 1.165) is 5.56 Å². The van der Waals surface area contributed by atoms with E-state index in [2.05, 4.69) is 6.07 Å². The molecule has 0 bridgehead atoms. The zero-order valence-electron chi connectivity index (χ0n) is 14.5. The van der Waals surface area contributed by atoms with Gasteiger partial charge in [0.1, 0.15) is 0 Å². The van der Waals surface area contributed by atoms with Crippen LogP contribution in [0.15, 0.2) is 54.6 Å². The number of hydrogen-bond donors (Lipinski definition) is 0. The minimum atomic E-state index is -0.682. The van der Waals surface area contributed by atoms with Crippen molar-refractivity contribution >= 4 is 5.91 Å². The molecule has 1 unspecified atom stereocenters. The SMILES string of the molecule is COc1ccccc1OC(C)C(=O)N(CCC#N)Cc1ccccc1. The number of amides is 1. The predicted octanol–water partition coefficient (Wildman–Crippen LogP) is 3.40. The lowest BCUT2D eigenvalue weighted by Crippen LogP contribution is -2.40. The predicted molar refractivity (Wildman–Crippen MR) is 95.2 cm³/mol. The van der Waals surface area contributed by atoms with E-state index in [4.69, 9.17) is 14.7 Å². The first kappa shape index (κ1) is 18.3. The van der Waals surface area contributed by atoms with Crippen LogP contribution in [0.2, 0.25) is 0 Å². The molecule has 0 N–H and O–H groups in total. The third-order valence-electron chi connectivity index (χ3n) is 3.74. The van der Waals surface area contributed by atoms with Gasteiger partial charge in [0.2, 0.25) is 0 Å². The summed E-state index contributed by atoms with van der Waals surface area (Å²) >= 11 is 0. The third-order valence-corrected chi connectivity index (χ3v) is 3.74. The molecule has 0 aliphatic heterocycles. The quantitative estimate of drug-likeness (QED) is 0.740. The molecular formula is C20H22N2O3. The molecule has 0 aromatic heterocycles. The van der Waals surface area contributed by atoms with Gasteiger partial charge in [0, 0.05) is 13.1 Å². The first-order chi connectivity index (χ1) is 12.2. The summed E-state index contributed by atoms with van der Waals surface area (Å²) in [5.41, 5.74) is 1.01. The normalized spacial score (nSPS) is 11.2. The standard InChI is InChI=1S/C20H22N2O3/c1-16(25-19-12-7-6-11-18(19)24-2)20(23)22(14-8-13-21)15-17-9-4-3-5-10-17/h3-7,9-12,16H,8,14-15H2,1-2H3. The molecule has 5 heteroatoms. The van der Waals surface area contributed by atoms with Crippen LogP contribution in [0.5, 0.6) is 11.5 Å². The van der Waals surface area contributed by atoms with Gasteiger partial charge in [-0.15, -0.1) is 0 Å². The summed E-state index contributed by atoms with van der Waals surface area (Å²) in [6.07, 6.45) is -0.404. The topological polar surface area (TPSA) is 62.6 Å². The highest BCUT2D eigenvalue weighted by Gasteiger charge is 2.23. The van der Waals surface area contributed by atoms with Crippen LogP contribution in [0.1, 0.15) is 18.9 Å². The number of methoxy groups -OCH3 is 1. The molecule has 0 aliphatic rings. The first-order valence-corrected chi connectivity index (χ1v) is 8.15. The van der Waals surface area contributed by atoms with Gasteiger partial charge in [-0.05, 0) is 24.6 Å². The van der Waals surface area contributed by atoms with Crippen molar-refractivity contribution in [3.63, 3.8) is 0 Å². The van der Waals surface area contributed by atoms with Crippen molar-refractivity contribution in [3.8, 4) is 17.6 Å². The van der Waals surface area contributed by atoms with Crippen molar-refractivity contribution in [2.75, 3.05) is 13.7 Å². The minimum absolute atomic E-state index is 0.162. The molecule has 2 aromatic rings. The summed E-state index contributed by atoms with van der Waals surface area (Å²) in [6.45, 7) is 2.52. The van der Waals surface area contributed by atoms with Gasteiger partial charge in [0.05, 0.1) is 19.6 Å². The molecule has 2 aromatic carbocycles. The Kier molecular flexibility index (Phi) is 6.85. The molecule has 5 nitrogen and oxygen atoms in total. The second-order valence-electron chi connectivity index (χ2n) is 5.56. The smallest absolute Gasteiger partial charge is 0.263 e. The van der Waals surface area contributed by atoms with E-state index in [-0.39, 0.29) is 12.3 Å². The number of rotatable bonds is 8. The van der Waals surface area contributed by atoms with Gasteiger partial charge < -0.3 is 14.4 Å². The van der Waals surface area contributed by atoms with Gasteiger partial charge in [-0.1, -0.05) is 42.5 Å². The van der Waals surface area contributed by atoms with Crippen LogP contribution in [-0.4, -0.2) is 30.6 Å². The second kappa shape index (κ2) is 9.33. The van der Waals surface area contributed by atoms with E-state index in [0.29, 0.717) is 24.6 Å². The molecule has 2 rings (SSSR count). The van der Waals surface area contributed by atoms with Crippen LogP contribution >= 0.6 is 0 Å². The molecular weight excluding hydrogens is 316 g/mol. The van der Waals surface area contributed by atoms with E-state index in [1.54, 1.807) is 31.1 Å². The summed E-state index contributed by atoms with van der Waals surface area (Å²) in [5, 5.41) is 8.87. The maximum Gasteiger partial charge on any atom is 0.263 e. The maximum atomic E-state index is 12.8. The fraction of sp³-hybridized carbons (Fsp3) is 0.300. The molecule has 0 heterocycles. The van der Waals surface area contributed by atoms with E-state index in [1.165, 1.54) is 0 Å². The lowest BCUT2D eigenvalue weighted by Gasteiger charge is -2.26. The van der Waals surface area contributed by atoms with Crippen LogP contribution in [-0.2, 0) is 11.3 Å². The first-order valence-electron chi connectivity index (χ1n) is 8.15. The van der Waals surface area contributed by atoms with Crippen LogP contribution in [0.25, 0.3) is 0 Å². The molecule has 0 saturated heterocycles. The number of nitrogens with zero attached hydrogens (tertiary/aromatic N) is 2. The molecule has 0 radical (unpaired) electrons. The molecule has 1 atom stereocenters. The number of carbonyl (C=O) groups excluding carboxylic acids is 1. The Bertz CT molecular complexity index is 725. The fourth-order valence-corrected chi connectivity index (χ4v) is 2.47. The molecule has 130 valence electrons. The molecule has 0 fully saturated rings. The highest BCUT2D eigenvalue weighted by Crippen LogP contribution is 2.27. The fourth-order valence-electron chi connectivity index (χ4n) is 2.47. The van der Waals surface area contributed by atoms with E-state index in [1.807, 2.05) is 42.5 Å².